The van der Waals surface area contributed by atoms with E-state index < -0.39 is 0 Å². The molecule has 0 aliphatic carbocycles. The van der Waals surface area contributed by atoms with Gasteiger partial charge in [0.15, 0.2) is 0 Å². The van der Waals surface area contributed by atoms with E-state index in [-0.39, 0.29) is 12.1 Å². The van der Waals surface area contributed by atoms with E-state index in [1.807, 2.05) is 12.1 Å². The van der Waals surface area contributed by atoms with E-state index in [0.717, 1.165) is 43.9 Å². The number of nitrogens with one attached hydrogen (secondary N) is 1. The number of phenolic OH excluding ortho intramolecular Hbond substituents is 1. The minimum Gasteiger partial charge on any atom is -0.508 e. The van der Waals surface area contributed by atoms with Crippen LogP contribution in [0.5, 0.6) is 5.75 Å². The predicted molar refractivity (Wildman–Crippen MR) is 82.4 cm³/mol. The minimum absolute atomic E-state index is 0.174. The molecule has 4 heteroatoms. The van der Waals surface area contributed by atoms with Gasteiger partial charge in [-0.25, -0.2) is 0 Å². The molecule has 1 aliphatic rings. The van der Waals surface area contributed by atoms with Crippen LogP contribution in [0.1, 0.15) is 38.8 Å². The average Bonchev–Trinajstić information content (AvgIpc) is 2.44. The maximum atomic E-state index is 10.3. The zero-order valence-corrected chi connectivity index (χ0v) is 12.7. The average molecular weight is 278 g/mol. The van der Waals surface area contributed by atoms with Crippen LogP contribution < -0.4 is 10.2 Å². The summed E-state index contributed by atoms with van der Waals surface area (Å²) < 4.78 is 5.55. The van der Waals surface area contributed by atoms with Gasteiger partial charge in [0, 0.05) is 36.4 Å². The molecule has 1 aromatic rings. The molecule has 2 atom stereocenters. The Bertz CT molecular complexity index is 436. The Labute approximate surface area is 121 Å². The molecular formula is C16H26N2O2. The first-order valence-corrected chi connectivity index (χ1v) is 7.54. The van der Waals surface area contributed by atoms with Crippen molar-refractivity contribution in [3.63, 3.8) is 0 Å². The van der Waals surface area contributed by atoms with E-state index in [9.17, 15) is 5.11 Å². The molecule has 0 bridgehead atoms. The molecule has 1 saturated heterocycles. The molecule has 0 amide bonds. The van der Waals surface area contributed by atoms with Gasteiger partial charge in [-0.3, -0.25) is 0 Å². The lowest BCUT2D eigenvalue weighted by atomic mass is 10.1. The monoisotopic (exact) mass is 278 g/mol. The Kier molecular flexibility index (Phi) is 5.26. The summed E-state index contributed by atoms with van der Waals surface area (Å²) in [5, 5.41) is 13.7. The maximum Gasteiger partial charge on any atom is 0.122 e. The third-order valence-corrected chi connectivity index (χ3v) is 3.79. The number of aromatic hydroxyl groups is 1. The summed E-state index contributed by atoms with van der Waals surface area (Å²) in [5.41, 5.74) is 2.03. The van der Waals surface area contributed by atoms with Gasteiger partial charge in [-0.15, -0.1) is 0 Å². The Hall–Kier alpha value is -1.26. The number of hydrogen-bond acceptors (Lipinski definition) is 4. The second-order valence-electron chi connectivity index (χ2n) is 5.55. The topological polar surface area (TPSA) is 44.7 Å². The predicted octanol–water partition coefficient (Wildman–Crippen LogP) is 2.68. The SMILES string of the molecule is CCCNC(C)c1ccc(N2CCOC(C)C2)cc1O. The van der Waals surface area contributed by atoms with Crippen molar-refractivity contribution in [2.75, 3.05) is 31.1 Å². The van der Waals surface area contributed by atoms with E-state index in [1.54, 1.807) is 0 Å². The first-order chi connectivity index (χ1) is 9.61. The van der Waals surface area contributed by atoms with Crippen LogP contribution in [0.4, 0.5) is 5.69 Å². The lowest BCUT2D eigenvalue weighted by molar-refractivity contribution is 0.0532. The van der Waals surface area contributed by atoms with E-state index in [1.165, 1.54) is 0 Å². The molecule has 1 aromatic carbocycles. The molecule has 20 heavy (non-hydrogen) atoms. The molecule has 1 fully saturated rings. The van der Waals surface area contributed by atoms with Crippen molar-refractivity contribution in [1.82, 2.24) is 5.32 Å². The van der Waals surface area contributed by atoms with Crippen LogP contribution in [-0.4, -0.2) is 37.5 Å². The van der Waals surface area contributed by atoms with Crippen molar-refractivity contribution in [3.05, 3.63) is 23.8 Å². The quantitative estimate of drug-likeness (QED) is 0.869. The molecule has 0 radical (unpaired) electrons. The van der Waals surface area contributed by atoms with E-state index in [0.29, 0.717) is 5.75 Å². The van der Waals surface area contributed by atoms with Gasteiger partial charge in [0.25, 0.3) is 0 Å². The molecule has 2 N–H and O–H groups in total. The van der Waals surface area contributed by atoms with Crippen molar-refractivity contribution < 1.29 is 9.84 Å². The summed E-state index contributed by atoms with van der Waals surface area (Å²) in [7, 11) is 0. The van der Waals surface area contributed by atoms with Crippen molar-refractivity contribution in [2.24, 2.45) is 0 Å². The molecule has 4 nitrogen and oxygen atoms in total. The molecule has 1 aliphatic heterocycles. The molecule has 112 valence electrons. The normalized spacial score (nSPS) is 20.9. The van der Waals surface area contributed by atoms with Crippen LogP contribution in [0.2, 0.25) is 0 Å². The molecule has 2 unspecified atom stereocenters. The first-order valence-electron chi connectivity index (χ1n) is 7.54. The van der Waals surface area contributed by atoms with Gasteiger partial charge < -0.3 is 20.1 Å². The van der Waals surface area contributed by atoms with Crippen molar-refractivity contribution in [3.8, 4) is 5.75 Å². The van der Waals surface area contributed by atoms with Crippen molar-refractivity contribution >= 4 is 5.69 Å². The number of benzene rings is 1. The number of anilines is 1. The van der Waals surface area contributed by atoms with E-state index in [4.69, 9.17) is 4.74 Å². The van der Waals surface area contributed by atoms with Gasteiger partial charge in [0.1, 0.15) is 5.75 Å². The molecule has 0 aromatic heterocycles. The third kappa shape index (κ3) is 3.64. The summed E-state index contributed by atoms with van der Waals surface area (Å²) in [5.74, 6) is 0.373. The summed E-state index contributed by atoms with van der Waals surface area (Å²) in [6, 6.07) is 6.17. The lowest BCUT2D eigenvalue weighted by Gasteiger charge is -2.33. The summed E-state index contributed by atoms with van der Waals surface area (Å²) >= 11 is 0. The molecule has 2 rings (SSSR count). The zero-order valence-electron chi connectivity index (χ0n) is 12.7. The first kappa shape index (κ1) is 15.1. The fraction of sp³-hybridized carbons (Fsp3) is 0.625. The highest BCUT2D eigenvalue weighted by Gasteiger charge is 2.18. The maximum absolute atomic E-state index is 10.3. The number of rotatable bonds is 5. The molecule has 1 heterocycles. The van der Waals surface area contributed by atoms with Crippen molar-refractivity contribution in [1.29, 1.82) is 0 Å². The number of hydrogen-bond donors (Lipinski definition) is 2. The van der Waals surface area contributed by atoms with Gasteiger partial charge in [-0.1, -0.05) is 13.0 Å². The highest BCUT2D eigenvalue weighted by Crippen LogP contribution is 2.29. The van der Waals surface area contributed by atoms with Gasteiger partial charge in [0.2, 0.25) is 0 Å². The second kappa shape index (κ2) is 6.95. The van der Waals surface area contributed by atoms with Gasteiger partial charge in [-0.05, 0) is 32.9 Å². The lowest BCUT2D eigenvalue weighted by Crippen LogP contribution is -2.41. The summed E-state index contributed by atoms with van der Waals surface area (Å²) in [4.78, 5) is 2.27. The Morgan fingerprint density at radius 3 is 2.95 bits per heavy atom. The van der Waals surface area contributed by atoms with Gasteiger partial charge in [-0.2, -0.15) is 0 Å². The number of nitrogens with zero attached hydrogens (tertiary/aromatic N) is 1. The van der Waals surface area contributed by atoms with Crippen LogP contribution in [0.15, 0.2) is 18.2 Å². The van der Waals surface area contributed by atoms with Gasteiger partial charge >= 0.3 is 0 Å². The molecule has 0 spiro atoms. The Balaban J connectivity index is 2.08. The van der Waals surface area contributed by atoms with Crippen LogP contribution in [0, 0.1) is 0 Å². The van der Waals surface area contributed by atoms with Crippen molar-refractivity contribution in [2.45, 2.75) is 39.3 Å². The number of phenols is 1. The van der Waals surface area contributed by atoms with E-state index in [2.05, 4.69) is 37.1 Å². The van der Waals surface area contributed by atoms with Crippen LogP contribution in [0.25, 0.3) is 0 Å². The van der Waals surface area contributed by atoms with Crippen LogP contribution >= 0.6 is 0 Å². The zero-order chi connectivity index (χ0) is 14.5. The largest absolute Gasteiger partial charge is 0.508 e. The Morgan fingerprint density at radius 2 is 2.30 bits per heavy atom. The highest BCUT2D eigenvalue weighted by molar-refractivity contribution is 5.54. The molecule has 0 saturated carbocycles. The third-order valence-electron chi connectivity index (χ3n) is 3.79. The highest BCUT2D eigenvalue weighted by atomic mass is 16.5. The smallest absolute Gasteiger partial charge is 0.122 e. The fourth-order valence-corrected chi connectivity index (χ4v) is 2.62. The standard InChI is InChI=1S/C16H26N2O2/c1-4-7-17-13(3)15-6-5-14(10-16(15)19)18-8-9-20-12(2)11-18/h5-6,10,12-13,17,19H,4,7-9,11H2,1-3H3. The van der Waals surface area contributed by atoms with Gasteiger partial charge in [0.05, 0.1) is 12.7 Å². The summed E-state index contributed by atoms with van der Waals surface area (Å²) in [6.07, 6.45) is 1.34. The minimum atomic E-state index is 0.174. The van der Waals surface area contributed by atoms with Crippen LogP contribution in [0.3, 0.4) is 0 Å². The second-order valence-corrected chi connectivity index (χ2v) is 5.55. The number of ether oxygens (including phenoxy) is 1. The van der Waals surface area contributed by atoms with Crippen LogP contribution in [-0.2, 0) is 4.74 Å². The Morgan fingerprint density at radius 1 is 1.50 bits per heavy atom. The number of morpholine rings is 1. The molecular weight excluding hydrogens is 252 g/mol. The fourth-order valence-electron chi connectivity index (χ4n) is 2.62. The summed E-state index contributed by atoms with van der Waals surface area (Å²) in [6.45, 7) is 9.78. The van der Waals surface area contributed by atoms with E-state index >= 15 is 0 Å².